The van der Waals surface area contributed by atoms with E-state index in [1.807, 2.05) is 0 Å². The molecule has 0 radical (unpaired) electrons. The lowest BCUT2D eigenvalue weighted by Crippen LogP contribution is -2.12. The van der Waals surface area contributed by atoms with E-state index in [1.54, 1.807) is 0 Å². The van der Waals surface area contributed by atoms with E-state index in [0.717, 1.165) is 12.1 Å². The van der Waals surface area contributed by atoms with Crippen LogP contribution >= 0.6 is 0 Å². The van der Waals surface area contributed by atoms with Crippen LogP contribution in [-0.4, -0.2) is 5.84 Å². The van der Waals surface area contributed by atoms with E-state index < -0.39 is 23.2 Å². The number of benzene rings is 1. The fourth-order valence-electron chi connectivity index (χ4n) is 0.740. The molecule has 64 valence electrons. The quantitative estimate of drug-likeness (QED) is 0.332. The fraction of sp³-hybridized carbons (Fsp3) is 0. The van der Waals surface area contributed by atoms with E-state index in [0.29, 0.717) is 0 Å². The molecule has 0 amide bonds. The first-order valence-electron chi connectivity index (χ1n) is 3.11. The molecule has 1 aromatic carbocycles. The van der Waals surface area contributed by atoms with Crippen LogP contribution in [0, 0.1) is 17.0 Å². The number of rotatable bonds is 1. The molecule has 0 bridgehead atoms. The van der Waals surface area contributed by atoms with Crippen LogP contribution in [0.3, 0.4) is 0 Å². The number of amidine groups is 1. The van der Waals surface area contributed by atoms with Crippen LogP contribution in [0.15, 0.2) is 12.1 Å². The van der Waals surface area contributed by atoms with Crippen molar-refractivity contribution in [3.63, 3.8) is 0 Å². The summed E-state index contributed by atoms with van der Waals surface area (Å²) in [6.45, 7) is 0. The minimum atomic E-state index is -0.903. The Morgan fingerprint density at radius 3 is 2.00 bits per heavy atom. The van der Waals surface area contributed by atoms with E-state index in [2.05, 4.69) is 0 Å². The van der Waals surface area contributed by atoms with Crippen LogP contribution < -0.4 is 11.5 Å². The lowest BCUT2D eigenvalue weighted by molar-refractivity contribution is 0.591. The van der Waals surface area contributed by atoms with Gasteiger partial charge in [0.05, 0.1) is 0 Å². The van der Waals surface area contributed by atoms with Crippen molar-refractivity contribution in [3.8, 4) is 0 Å². The number of anilines is 1. The standard InChI is InChI=1S/C7H7F2N3/c8-4-1-3(7(11)12)2-5(9)6(4)10/h1-2H,10H2,(H3,11,12). The van der Waals surface area contributed by atoms with Crippen LogP contribution in [0.2, 0.25) is 0 Å². The van der Waals surface area contributed by atoms with Gasteiger partial charge in [0.25, 0.3) is 0 Å². The molecule has 0 fully saturated rings. The molecule has 5 heteroatoms. The van der Waals surface area contributed by atoms with E-state index in [9.17, 15) is 8.78 Å². The molecule has 0 aliphatic rings. The van der Waals surface area contributed by atoms with Gasteiger partial charge in [0.2, 0.25) is 0 Å². The maximum Gasteiger partial charge on any atom is 0.149 e. The summed E-state index contributed by atoms with van der Waals surface area (Å²) in [7, 11) is 0. The van der Waals surface area contributed by atoms with Gasteiger partial charge in [-0.05, 0) is 12.1 Å². The molecule has 5 N–H and O–H groups in total. The molecule has 0 saturated heterocycles. The third-order valence-corrected chi connectivity index (χ3v) is 1.39. The Labute approximate surface area is 67.5 Å². The summed E-state index contributed by atoms with van der Waals surface area (Å²) in [5.41, 5.74) is 9.43. The van der Waals surface area contributed by atoms with Gasteiger partial charge < -0.3 is 11.5 Å². The lowest BCUT2D eigenvalue weighted by Gasteiger charge is -2.01. The highest BCUT2D eigenvalue weighted by molar-refractivity contribution is 5.95. The third kappa shape index (κ3) is 1.34. The van der Waals surface area contributed by atoms with Crippen molar-refractivity contribution in [2.75, 3.05) is 5.73 Å². The molecular weight excluding hydrogens is 164 g/mol. The summed E-state index contributed by atoms with van der Waals surface area (Å²) in [4.78, 5) is 0. The van der Waals surface area contributed by atoms with E-state index in [4.69, 9.17) is 16.9 Å². The van der Waals surface area contributed by atoms with Crippen LogP contribution in [0.5, 0.6) is 0 Å². The first-order valence-corrected chi connectivity index (χ1v) is 3.11. The monoisotopic (exact) mass is 171 g/mol. The van der Waals surface area contributed by atoms with Gasteiger partial charge in [-0.15, -0.1) is 0 Å². The Morgan fingerprint density at radius 2 is 1.67 bits per heavy atom. The Bertz CT molecular complexity index is 312. The normalized spacial score (nSPS) is 9.83. The Morgan fingerprint density at radius 1 is 1.25 bits per heavy atom. The number of hydrogen-bond acceptors (Lipinski definition) is 2. The Kier molecular flexibility index (Phi) is 1.95. The minimum absolute atomic E-state index is 0.0146. The predicted octanol–water partition coefficient (Wildman–Crippen LogP) is 0.831. The van der Waals surface area contributed by atoms with E-state index >= 15 is 0 Å². The maximum atomic E-state index is 12.7. The van der Waals surface area contributed by atoms with Crippen LogP contribution in [0.25, 0.3) is 0 Å². The van der Waals surface area contributed by atoms with Crippen molar-refractivity contribution in [3.05, 3.63) is 29.3 Å². The number of nitrogens with two attached hydrogens (primary N) is 2. The average Bonchev–Trinajstić information content (AvgIpc) is 1.99. The van der Waals surface area contributed by atoms with Crippen molar-refractivity contribution >= 4 is 11.5 Å². The first-order chi connectivity index (χ1) is 5.52. The molecule has 0 heterocycles. The summed E-state index contributed by atoms with van der Waals surface area (Å²) >= 11 is 0. The Balaban J connectivity index is 3.31. The zero-order valence-corrected chi connectivity index (χ0v) is 6.07. The minimum Gasteiger partial charge on any atom is -0.394 e. The molecule has 0 spiro atoms. The van der Waals surface area contributed by atoms with Gasteiger partial charge in [0.1, 0.15) is 23.2 Å². The van der Waals surface area contributed by atoms with Gasteiger partial charge in [-0.25, -0.2) is 8.78 Å². The lowest BCUT2D eigenvalue weighted by atomic mass is 10.2. The molecule has 0 unspecified atom stereocenters. The van der Waals surface area contributed by atoms with Gasteiger partial charge in [-0.2, -0.15) is 0 Å². The van der Waals surface area contributed by atoms with Gasteiger partial charge in [0, 0.05) is 5.56 Å². The second-order valence-electron chi connectivity index (χ2n) is 2.27. The topological polar surface area (TPSA) is 75.9 Å². The fourth-order valence-corrected chi connectivity index (χ4v) is 0.740. The van der Waals surface area contributed by atoms with Crippen LogP contribution in [0.1, 0.15) is 5.56 Å². The summed E-state index contributed by atoms with van der Waals surface area (Å²) < 4.78 is 25.4. The molecule has 1 aromatic rings. The Hall–Kier alpha value is -1.65. The molecule has 12 heavy (non-hydrogen) atoms. The van der Waals surface area contributed by atoms with E-state index in [1.165, 1.54) is 0 Å². The molecule has 3 nitrogen and oxygen atoms in total. The second-order valence-corrected chi connectivity index (χ2v) is 2.27. The zero-order chi connectivity index (χ0) is 9.30. The maximum absolute atomic E-state index is 12.7. The molecular formula is C7H7F2N3. The average molecular weight is 171 g/mol. The van der Waals surface area contributed by atoms with Crippen molar-refractivity contribution in [2.45, 2.75) is 0 Å². The number of nitrogen functional groups attached to an aromatic ring is 2. The molecule has 0 aliphatic carbocycles. The third-order valence-electron chi connectivity index (χ3n) is 1.39. The number of nitrogens with one attached hydrogen (secondary N) is 1. The van der Waals surface area contributed by atoms with Crippen LogP contribution in [-0.2, 0) is 0 Å². The molecule has 1 rings (SSSR count). The van der Waals surface area contributed by atoms with Crippen LogP contribution in [0.4, 0.5) is 14.5 Å². The number of halogens is 2. The summed E-state index contributed by atoms with van der Waals surface area (Å²) in [6, 6.07) is 1.83. The highest BCUT2D eigenvalue weighted by Gasteiger charge is 2.08. The summed E-state index contributed by atoms with van der Waals surface area (Å²) in [5.74, 6) is -2.20. The van der Waals surface area contributed by atoms with Gasteiger partial charge in [0.15, 0.2) is 0 Å². The molecule has 0 aliphatic heterocycles. The van der Waals surface area contributed by atoms with Crippen molar-refractivity contribution in [2.24, 2.45) is 5.73 Å². The van der Waals surface area contributed by atoms with Crippen molar-refractivity contribution in [1.82, 2.24) is 0 Å². The number of hydrogen-bond donors (Lipinski definition) is 3. The van der Waals surface area contributed by atoms with Gasteiger partial charge in [-0.1, -0.05) is 0 Å². The van der Waals surface area contributed by atoms with Gasteiger partial charge in [-0.3, -0.25) is 5.41 Å². The first kappa shape index (κ1) is 8.45. The smallest absolute Gasteiger partial charge is 0.149 e. The van der Waals surface area contributed by atoms with Crippen molar-refractivity contribution in [1.29, 1.82) is 5.41 Å². The highest BCUT2D eigenvalue weighted by Crippen LogP contribution is 2.16. The SMILES string of the molecule is N=C(N)c1cc(F)c(N)c(F)c1. The molecule has 0 aromatic heterocycles. The van der Waals surface area contributed by atoms with Gasteiger partial charge >= 0.3 is 0 Å². The van der Waals surface area contributed by atoms with E-state index in [-0.39, 0.29) is 5.56 Å². The molecule has 0 atom stereocenters. The van der Waals surface area contributed by atoms with Crippen molar-refractivity contribution < 1.29 is 8.78 Å². The zero-order valence-electron chi connectivity index (χ0n) is 6.07. The second kappa shape index (κ2) is 2.77. The largest absolute Gasteiger partial charge is 0.394 e. The predicted molar refractivity (Wildman–Crippen MR) is 41.8 cm³/mol. The molecule has 0 saturated carbocycles. The summed E-state index contributed by atoms with van der Waals surface area (Å²) in [6.07, 6.45) is 0. The highest BCUT2D eigenvalue weighted by atomic mass is 19.1. The summed E-state index contributed by atoms with van der Waals surface area (Å²) in [5, 5.41) is 6.90.